The van der Waals surface area contributed by atoms with Gasteiger partial charge in [0.15, 0.2) is 0 Å². The Morgan fingerprint density at radius 3 is 2.16 bits per heavy atom. The second kappa shape index (κ2) is 6.11. The average molecular weight is 410 g/mol. The minimum absolute atomic E-state index is 0.0768. The number of nitrogens with zero attached hydrogens (tertiary/aromatic N) is 1. The molecule has 2 heterocycles. The molecule has 1 nitrogen and oxygen atoms in total. The zero-order chi connectivity index (χ0) is 21.4. The normalized spacial score (nSPS) is 14.8. The maximum atomic E-state index is 2.52. The molecule has 2 aliphatic heterocycles. The molecule has 0 saturated carbocycles. The summed E-state index contributed by atoms with van der Waals surface area (Å²) in [7, 11) is 0. The van der Waals surface area contributed by atoms with Crippen molar-refractivity contribution in [2.24, 2.45) is 0 Å². The molecule has 5 aromatic rings. The Labute approximate surface area is 188 Å². The topological polar surface area (TPSA) is 3.24 Å². The highest BCUT2D eigenvalue weighted by Gasteiger charge is 2.40. The molecule has 1 heteroatoms. The van der Waals surface area contributed by atoms with Crippen molar-refractivity contribution in [2.45, 2.75) is 19.3 Å². The summed E-state index contributed by atoms with van der Waals surface area (Å²) in [6.45, 7) is 4.73. The molecule has 2 aliphatic rings. The number of rotatable bonds is 1. The van der Waals surface area contributed by atoms with E-state index in [2.05, 4.69) is 122 Å². The Morgan fingerprint density at radius 1 is 0.562 bits per heavy atom. The first-order valence-electron chi connectivity index (χ1n) is 11.3. The van der Waals surface area contributed by atoms with Gasteiger partial charge in [0.2, 0.25) is 0 Å². The van der Waals surface area contributed by atoms with Crippen LogP contribution < -0.4 is 4.90 Å². The van der Waals surface area contributed by atoms with E-state index in [0.717, 1.165) is 0 Å². The highest BCUT2D eigenvalue weighted by molar-refractivity contribution is 6.15. The molecule has 0 radical (unpaired) electrons. The molecule has 0 aliphatic carbocycles. The van der Waals surface area contributed by atoms with E-state index >= 15 is 0 Å². The van der Waals surface area contributed by atoms with E-state index in [1.165, 1.54) is 61.2 Å². The molecule has 0 atom stereocenters. The van der Waals surface area contributed by atoms with E-state index in [1.807, 2.05) is 0 Å². The summed E-state index contributed by atoms with van der Waals surface area (Å²) in [5.74, 6) is 0. The van der Waals surface area contributed by atoms with Gasteiger partial charge in [0.05, 0.1) is 17.1 Å². The Hall–Kier alpha value is -3.84. The molecular weight excluding hydrogens is 386 g/mol. The molecule has 7 rings (SSSR count). The van der Waals surface area contributed by atoms with Gasteiger partial charge in [-0.15, -0.1) is 0 Å². The minimum Gasteiger partial charge on any atom is -0.309 e. The lowest BCUT2D eigenvalue weighted by Gasteiger charge is -2.45. The largest absolute Gasteiger partial charge is 0.309 e. The summed E-state index contributed by atoms with van der Waals surface area (Å²) in [6, 6.07) is 37.9. The molecular formula is C31H23N. The summed E-state index contributed by atoms with van der Waals surface area (Å²) in [5, 5.41) is 2.64. The first-order chi connectivity index (χ1) is 15.6. The fourth-order valence-electron chi connectivity index (χ4n) is 5.81. The predicted molar refractivity (Wildman–Crippen MR) is 135 cm³/mol. The van der Waals surface area contributed by atoms with Crippen molar-refractivity contribution >= 4 is 27.8 Å². The van der Waals surface area contributed by atoms with Crippen molar-refractivity contribution in [1.29, 1.82) is 0 Å². The van der Waals surface area contributed by atoms with Crippen molar-refractivity contribution in [2.75, 3.05) is 4.90 Å². The van der Waals surface area contributed by atoms with Gasteiger partial charge in [0.25, 0.3) is 0 Å². The van der Waals surface area contributed by atoms with Crippen molar-refractivity contribution in [3.8, 4) is 22.3 Å². The smallest absolute Gasteiger partial charge is 0.0581 e. The number of fused-ring (bicyclic) bond motifs is 4. The van der Waals surface area contributed by atoms with Gasteiger partial charge in [0.1, 0.15) is 0 Å². The van der Waals surface area contributed by atoms with Gasteiger partial charge in [-0.2, -0.15) is 0 Å². The lowest BCUT2D eigenvalue weighted by atomic mass is 9.71. The van der Waals surface area contributed by atoms with E-state index in [-0.39, 0.29) is 5.41 Å². The first-order valence-corrected chi connectivity index (χ1v) is 11.3. The lowest BCUT2D eigenvalue weighted by molar-refractivity contribution is 0.632. The molecule has 0 aromatic heterocycles. The van der Waals surface area contributed by atoms with E-state index in [4.69, 9.17) is 0 Å². The van der Waals surface area contributed by atoms with Gasteiger partial charge >= 0.3 is 0 Å². The second-order valence-electron chi connectivity index (χ2n) is 9.44. The molecule has 0 fully saturated rings. The fourth-order valence-corrected chi connectivity index (χ4v) is 5.81. The van der Waals surface area contributed by atoms with E-state index < -0.39 is 0 Å². The fraction of sp³-hybridized carbons (Fsp3) is 0.0968. The van der Waals surface area contributed by atoms with Crippen LogP contribution in [0.15, 0.2) is 103 Å². The minimum atomic E-state index is -0.0768. The highest BCUT2D eigenvalue weighted by Crippen LogP contribution is 2.59. The quantitative estimate of drug-likeness (QED) is 0.263. The molecule has 5 aromatic carbocycles. The Bertz CT molecular complexity index is 1540. The second-order valence-corrected chi connectivity index (χ2v) is 9.44. The molecule has 32 heavy (non-hydrogen) atoms. The summed E-state index contributed by atoms with van der Waals surface area (Å²) < 4.78 is 0. The van der Waals surface area contributed by atoms with Gasteiger partial charge in [0, 0.05) is 16.4 Å². The third kappa shape index (κ3) is 2.18. The van der Waals surface area contributed by atoms with Crippen molar-refractivity contribution in [3.05, 3.63) is 114 Å². The van der Waals surface area contributed by atoms with Gasteiger partial charge in [-0.3, -0.25) is 0 Å². The Kier molecular flexibility index (Phi) is 3.40. The zero-order valence-corrected chi connectivity index (χ0v) is 18.3. The van der Waals surface area contributed by atoms with Crippen molar-refractivity contribution in [1.82, 2.24) is 0 Å². The molecule has 0 amide bonds. The maximum Gasteiger partial charge on any atom is 0.0581 e. The van der Waals surface area contributed by atoms with E-state index in [0.29, 0.717) is 0 Å². The van der Waals surface area contributed by atoms with Crippen LogP contribution in [0.2, 0.25) is 0 Å². The third-order valence-corrected chi connectivity index (χ3v) is 7.37. The first kappa shape index (κ1) is 17.8. The Morgan fingerprint density at radius 2 is 1.31 bits per heavy atom. The van der Waals surface area contributed by atoms with Gasteiger partial charge in [-0.1, -0.05) is 105 Å². The SMILES string of the molecule is CC1(C)c2ccc(-c3ccccc3)cc2N2c3c(cccc31)-c1cccc3cccc2c13. The molecule has 152 valence electrons. The zero-order valence-electron chi connectivity index (χ0n) is 18.3. The molecule has 0 N–H and O–H groups in total. The van der Waals surface area contributed by atoms with Crippen molar-refractivity contribution in [3.63, 3.8) is 0 Å². The van der Waals surface area contributed by atoms with E-state index in [1.54, 1.807) is 0 Å². The molecule has 0 saturated heterocycles. The Balaban J connectivity index is 1.62. The van der Waals surface area contributed by atoms with Gasteiger partial charge in [-0.25, -0.2) is 0 Å². The standard InChI is InChI=1S/C31H23N/c1-31(2)25-18-17-22(20-9-4-3-5-10-20)19-28(25)32-27-16-7-12-21-11-6-13-23(29(21)27)24-14-8-15-26(31)30(24)32/h3-19H,1-2H3. The van der Waals surface area contributed by atoms with E-state index in [9.17, 15) is 0 Å². The number of hydrogen-bond acceptors (Lipinski definition) is 1. The van der Waals surface area contributed by atoms with Crippen LogP contribution in [-0.4, -0.2) is 0 Å². The van der Waals surface area contributed by atoms with Crippen LogP contribution >= 0.6 is 0 Å². The summed E-state index contributed by atoms with van der Waals surface area (Å²) in [6.07, 6.45) is 0. The van der Waals surface area contributed by atoms with Crippen molar-refractivity contribution < 1.29 is 0 Å². The third-order valence-electron chi connectivity index (χ3n) is 7.37. The number of para-hydroxylation sites is 1. The highest BCUT2D eigenvalue weighted by atomic mass is 15.2. The van der Waals surface area contributed by atoms with Crippen LogP contribution in [0.5, 0.6) is 0 Å². The summed E-state index contributed by atoms with van der Waals surface area (Å²) >= 11 is 0. The number of benzene rings is 5. The van der Waals surface area contributed by atoms with Crippen LogP contribution in [0.1, 0.15) is 25.0 Å². The predicted octanol–water partition coefficient (Wildman–Crippen LogP) is 8.60. The lowest BCUT2D eigenvalue weighted by Crippen LogP contribution is -2.32. The molecule has 0 unspecified atom stereocenters. The number of anilines is 3. The molecule has 0 bridgehead atoms. The van der Waals surface area contributed by atoms with Crippen LogP contribution in [0.3, 0.4) is 0 Å². The maximum absolute atomic E-state index is 2.52. The molecule has 0 spiro atoms. The summed E-state index contributed by atoms with van der Waals surface area (Å²) in [4.78, 5) is 2.52. The monoisotopic (exact) mass is 409 g/mol. The van der Waals surface area contributed by atoms with Gasteiger partial charge < -0.3 is 4.90 Å². The van der Waals surface area contributed by atoms with Crippen LogP contribution in [0, 0.1) is 0 Å². The summed E-state index contributed by atoms with van der Waals surface area (Å²) in [5.41, 5.74) is 11.8. The van der Waals surface area contributed by atoms with Crippen LogP contribution in [0.4, 0.5) is 17.1 Å². The van der Waals surface area contributed by atoms with Crippen LogP contribution in [0.25, 0.3) is 33.0 Å². The van der Waals surface area contributed by atoms with Gasteiger partial charge in [-0.05, 0) is 45.3 Å². The average Bonchev–Trinajstić information content (AvgIpc) is 2.84. The van der Waals surface area contributed by atoms with Crippen LogP contribution in [-0.2, 0) is 5.41 Å². The number of hydrogen-bond donors (Lipinski definition) is 0.